The van der Waals surface area contributed by atoms with Crippen LogP contribution in [-0.4, -0.2) is 31.9 Å². The first-order valence-electron chi connectivity index (χ1n) is 6.42. The van der Waals surface area contributed by atoms with Crippen LogP contribution in [0.1, 0.15) is 20.3 Å². The van der Waals surface area contributed by atoms with E-state index in [1.165, 1.54) is 6.92 Å². The zero-order valence-electron chi connectivity index (χ0n) is 12.1. The second-order valence-electron chi connectivity index (χ2n) is 4.48. The molecule has 0 radical (unpaired) electrons. The average molecular weight is 331 g/mol. The molecule has 122 valence electrons. The second kappa shape index (κ2) is 7.18. The van der Waals surface area contributed by atoms with E-state index in [1.54, 1.807) is 0 Å². The van der Waals surface area contributed by atoms with Crippen molar-refractivity contribution in [1.82, 2.24) is 5.32 Å². The zero-order valence-corrected chi connectivity index (χ0v) is 12.9. The number of hydrogen-bond acceptors (Lipinski definition) is 6. The Labute approximate surface area is 127 Å². The van der Waals surface area contributed by atoms with E-state index in [-0.39, 0.29) is 5.75 Å². The lowest BCUT2D eigenvalue weighted by Gasteiger charge is -2.14. The molecule has 0 aromatic heterocycles. The Hall–Kier alpha value is -2.20. The van der Waals surface area contributed by atoms with Gasteiger partial charge in [0.1, 0.15) is 0 Å². The number of carbonyl (C=O) groups excluding carboxylic acids is 1. The van der Waals surface area contributed by atoms with Gasteiger partial charge in [-0.05, 0) is 25.5 Å². The number of benzene rings is 1. The van der Waals surface area contributed by atoms with Crippen molar-refractivity contribution in [2.75, 3.05) is 6.54 Å². The minimum atomic E-state index is -4.07. The van der Waals surface area contributed by atoms with Crippen LogP contribution in [0.2, 0.25) is 0 Å². The lowest BCUT2D eigenvalue weighted by molar-refractivity contribution is -0.386. The second-order valence-corrected chi connectivity index (χ2v) is 6.04. The van der Waals surface area contributed by atoms with E-state index in [0.717, 1.165) is 24.6 Å². The summed E-state index contributed by atoms with van der Waals surface area (Å²) < 4.78 is 27.7. The number of amides is 1. The van der Waals surface area contributed by atoms with Crippen LogP contribution in [0.25, 0.3) is 0 Å². The Kier molecular flexibility index (Phi) is 5.83. The van der Waals surface area contributed by atoms with E-state index in [9.17, 15) is 23.3 Å². The summed E-state index contributed by atoms with van der Waals surface area (Å²) in [5, 5.41) is 18.5. The van der Waals surface area contributed by atoms with Gasteiger partial charge in [0.05, 0.1) is 9.82 Å². The van der Waals surface area contributed by atoms with Crippen molar-refractivity contribution in [1.29, 1.82) is 0 Å². The van der Waals surface area contributed by atoms with Crippen molar-refractivity contribution in [3.63, 3.8) is 0 Å². The highest BCUT2D eigenvalue weighted by Crippen LogP contribution is 2.30. The molecule has 0 aliphatic carbocycles. The first kappa shape index (κ1) is 17.9. The number of carbonyl (C=O) groups is 1. The SMILES string of the molecule is CCCNC(=O)[C@@H](C)Oc1ccc(S(N)(=O)=O)cc1[N+](=O)[O-]. The first-order valence-corrected chi connectivity index (χ1v) is 7.97. The highest BCUT2D eigenvalue weighted by atomic mass is 32.2. The number of nitro benzene ring substituents is 1. The third-order valence-electron chi connectivity index (χ3n) is 2.68. The summed E-state index contributed by atoms with van der Waals surface area (Å²) in [4.78, 5) is 21.5. The first-order chi connectivity index (χ1) is 10.2. The molecule has 1 atom stereocenters. The Morgan fingerprint density at radius 3 is 2.64 bits per heavy atom. The van der Waals surface area contributed by atoms with Gasteiger partial charge in [0.15, 0.2) is 11.9 Å². The summed E-state index contributed by atoms with van der Waals surface area (Å²) in [6, 6.07) is 2.97. The van der Waals surface area contributed by atoms with Crippen LogP contribution in [0.4, 0.5) is 5.69 Å². The lowest BCUT2D eigenvalue weighted by atomic mass is 10.3. The third-order valence-corrected chi connectivity index (χ3v) is 3.59. The molecule has 0 saturated heterocycles. The van der Waals surface area contributed by atoms with Crippen LogP contribution in [0.3, 0.4) is 0 Å². The molecule has 0 heterocycles. The lowest BCUT2D eigenvalue weighted by Crippen LogP contribution is -2.36. The monoisotopic (exact) mass is 331 g/mol. The zero-order chi connectivity index (χ0) is 16.9. The Morgan fingerprint density at radius 1 is 1.50 bits per heavy atom. The fourth-order valence-corrected chi connectivity index (χ4v) is 2.09. The highest BCUT2D eigenvalue weighted by molar-refractivity contribution is 7.89. The molecule has 1 aromatic carbocycles. The van der Waals surface area contributed by atoms with Gasteiger partial charge in [0.25, 0.3) is 5.91 Å². The summed E-state index contributed by atoms with van der Waals surface area (Å²) in [5.41, 5.74) is -0.582. The fourth-order valence-electron chi connectivity index (χ4n) is 1.55. The summed E-state index contributed by atoms with van der Waals surface area (Å²) in [6.07, 6.45) is -0.229. The molecule has 9 nitrogen and oxygen atoms in total. The number of nitrogens with two attached hydrogens (primary N) is 1. The van der Waals surface area contributed by atoms with Crippen molar-refractivity contribution < 1.29 is 22.9 Å². The van der Waals surface area contributed by atoms with E-state index in [4.69, 9.17) is 9.88 Å². The van der Waals surface area contributed by atoms with Crippen molar-refractivity contribution in [2.45, 2.75) is 31.3 Å². The molecule has 10 heteroatoms. The van der Waals surface area contributed by atoms with Gasteiger partial charge in [-0.1, -0.05) is 6.92 Å². The smallest absolute Gasteiger partial charge is 0.312 e. The van der Waals surface area contributed by atoms with E-state index in [0.29, 0.717) is 6.54 Å². The number of nitrogens with one attached hydrogen (secondary N) is 1. The van der Waals surface area contributed by atoms with Gasteiger partial charge in [-0.2, -0.15) is 0 Å². The molecule has 0 saturated carbocycles. The predicted octanol–water partition coefficient (Wildman–Crippen LogP) is 0.536. The van der Waals surface area contributed by atoms with Crippen molar-refractivity contribution in [3.8, 4) is 5.75 Å². The largest absolute Gasteiger partial charge is 0.474 e. The molecule has 1 aromatic rings. The number of ether oxygens (including phenoxy) is 1. The number of sulfonamides is 1. The van der Waals surface area contributed by atoms with Crippen LogP contribution >= 0.6 is 0 Å². The van der Waals surface area contributed by atoms with Gasteiger partial charge >= 0.3 is 5.69 Å². The maximum Gasteiger partial charge on any atom is 0.312 e. The van der Waals surface area contributed by atoms with Gasteiger partial charge in [-0.15, -0.1) is 0 Å². The van der Waals surface area contributed by atoms with Crippen LogP contribution in [-0.2, 0) is 14.8 Å². The molecular formula is C12H17N3O6S. The molecule has 1 rings (SSSR count). The molecule has 0 spiro atoms. The number of nitro groups is 1. The quantitative estimate of drug-likeness (QED) is 0.551. The van der Waals surface area contributed by atoms with Crippen molar-refractivity contribution in [2.24, 2.45) is 5.14 Å². The van der Waals surface area contributed by atoms with Crippen LogP contribution in [0.15, 0.2) is 23.1 Å². The van der Waals surface area contributed by atoms with Gasteiger partial charge < -0.3 is 10.1 Å². The topological polar surface area (TPSA) is 142 Å². The van der Waals surface area contributed by atoms with E-state index < -0.39 is 37.5 Å². The van der Waals surface area contributed by atoms with Gasteiger partial charge in [-0.3, -0.25) is 14.9 Å². The standard InChI is InChI=1S/C12H17N3O6S/c1-3-6-14-12(16)8(2)21-11-5-4-9(22(13,19)20)7-10(11)15(17)18/h4-5,7-8H,3,6H2,1-2H3,(H,14,16)(H2,13,19,20)/t8-/m1/s1. The number of primary sulfonamides is 1. The van der Waals surface area contributed by atoms with E-state index in [1.807, 2.05) is 6.92 Å². The van der Waals surface area contributed by atoms with Crippen LogP contribution < -0.4 is 15.2 Å². The van der Waals surface area contributed by atoms with Crippen LogP contribution in [0, 0.1) is 10.1 Å². The highest BCUT2D eigenvalue weighted by Gasteiger charge is 2.23. The predicted molar refractivity (Wildman–Crippen MR) is 77.9 cm³/mol. The third kappa shape index (κ3) is 4.67. The average Bonchev–Trinajstić information content (AvgIpc) is 2.43. The Morgan fingerprint density at radius 2 is 2.14 bits per heavy atom. The molecule has 0 bridgehead atoms. The fraction of sp³-hybridized carbons (Fsp3) is 0.417. The van der Waals surface area contributed by atoms with Crippen molar-refractivity contribution in [3.05, 3.63) is 28.3 Å². The maximum absolute atomic E-state index is 11.7. The summed E-state index contributed by atoms with van der Waals surface area (Å²) in [5.74, 6) is -0.636. The van der Waals surface area contributed by atoms with E-state index >= 15 is 0 Å². The van der Waals surface area contributed by atoms with Gasteiger partial charge in [-0.25, -0.2) is 13.6 Å². The molecule has 0 fully saturated rings. The molecule has 22 heavy (non-hydrogen) atoms. The normalized spacial score (nSPS) is 12.5. The van der Waals surface area contributed by atoms with E-state index in [2.05, 4.69) is 5.32 Å². The minimum absolute atomic E-state index is 0.212. The number of rotatable bonds is 7. The molecule has 3 N–H and O–H groups in total. The molecule has 0 unspecified atom stereocenters. The number of hydrogen-bond donors (Lipinski definition) is 2. The molecule has 0 aliphatic heterocycles. The van der Waals surface area contributed by atoms with Gasteiger partial charge in [0.2, 0.25) is 10.0 Å². The summed E-state index contributed by atoms with van der Waals surface area (Å²) in [6.45, 7) is 3.77. The van der Waals surface area contributed by atoms with Crippen LogP contribution in [0.5, 0.6) is 5.75 Å². The number of nitrogens with zero attached hydrogens (tertiary/aromatic N) is 1. The maximum atomic E-state index is 11.7. The molecular weight excluding hydrogens is 314 g/mol. The molecule has 1 amide bonds. The molecule has 0 aliphatic rings. The minimum Gasteiger partial charge on any atom is -0.474 e. The Balaban J connectivity index is 3.05. The Bertz CT molecular complexity index is 673. The van der Waals surface area contributed by atoms with Crippen molar-refractivity contribution >= 4 is 21.6 Å². The summed E-state index contributed by atoms with van der Waals surface area (Å²) in [7, 11) is -4.07. The summed E-state index contributed by atoms with van der Waals surface area (Å²) >= 11 is 0. The van der Waals surface area contributed by atoms with Gasteiger partial charge in [0, 0.05) is 12.6 Å².